The number of aryl methyl sites for hydroxylation is 2. The van der Waals surface area contributed by atoms with Gasteiger partial charge in [0.05, 0.1) is 13.1 Å². The average molecular weight is 280 g/mol. The third-order valence-corrected chi connectivity index (χ3v) is 3.68. The van der Waals surface area contributed by atoms with Crippen molar-refractivity contribution in [2.45, 2.75) is 20.4 Å². The number of terminal acetylenes is 1. The summed E-state index contributed by atoms with van der Waals surface area (Å²) in [6.07, 6.45) is 5.11. The summed E-state index contributed by atoms with van der Waals surface area (Å²) in [6, 6.07) is 1.53. The molecule has 6 heteroatoms. The second kappa shape index (κ2) is 6.81. The third-order valence-electron chi connectivity index (χ3n) is 2.53. The second-order valence-electron chi connectivity index (χ2n) is 4.06. The standard InChI is InChI=1S/C13H16N2O3S/c1-4-5-15(8-12(16)17)13(18)14-7-11-6-9(2)10(3)19-11/h1,6H,5,7-8H2,2-3H3,(H,14,18)(H,16,17). The maximum absolute atomic E-state index is 11.8. The Labute approximate surface area is 116 Å². The Bertz CT molecular complexity index is 497. The van der Waals surface area contributed by atoms with E-state index in [1.165, 1.54) is 10.4 Å². The molecule has 0 bridgehead atoms. The minimum atomic E-state index is -1.09. The highest BCUT2D eigenvalue weighted by Gasteiger charge is 2.15. The van der Waals surface area contributed by atoms with Gasteiger partial charge in [-0.05, 0) is 25.5 Å². The van der Waals surface area contributed by atoms with Crippen LogP contribution in [0, 0.1) is 26.2 Å². The van der Waals surface area contributed by atoms with E-state index in [-0.39, 0.29) is 6.54 Å². The van der Waals surface area contributed by atoms with Gasteiger partial charge >= 0.3 is 12.0 Å². The Balaban J connectivity index is 2.57. The van der Waals surface area contributed by atoms with Gasteiger partial charge < -0.3 is 15.3 Å². The van der Waals surface area contributed by atoms with E-state index in [4.69, 9.17) is 11.5 Å². The molecule has 0 radical (unpaired) electrons. The van der Waals surface area contributed by atoms with Crippen LogP contribution in [0.4, 0.5) is 4.79 Å². The summed E-state index contributed by atoms with van der Waals surface area (Å²) in [5, 5.41) is 11.4. The number of amides is 2. The van der Waals surface area contributed by atoms with Gasteiger partial charge in [-0.25, -0.2) is 4.79 Å². The van der Waals surface area contributed by atoms with Gasteiger partial charge in [-0.1, -0.05) is 5.92 Å². The van der Waals surface area contributed by atoms with Crippen molar-refractivity contribution >= 4 is 23.3 Å². The normalized spacial score (nSPS) is 9.74. The van der Waals surface area contributed by atoms with Crippen molar-refractivity contribution < 1.29 is 14.7 Å². The zero-order chi connectivity index (χ0) is 14.4. The first-order chi connectivity index (χ1) is 8.93. The molecule has 0 saturated heterocycles. The van der Waals surface area contributed by atoms with Crippen molar-refractivity contribution in [2.24, 2.45) is 0 Å². The lowest BCUT2D eigenvalue weighted by molar-refractivity contribution is -0.137. The van der Waals surface area contributed by atoms with Crippen molar-refractivity contribution in [1.82, 2.24) is 10.2 Å². The number of hydrogen-bond acceptors (Lipinski definition) is 3. The highest BCUT2D eigenvalue weighted by molar-refractivity contribution is 7.12. The molecular formula is C13H16N2O3S. The molecule has 2 amide bonds. The van der Waals surface area contributed by atoms with Crippen molar-refractivity contribution in [3.63, 3.8) is 0 Å². The number of hydrogen-bond donors (Lipinski definition) is 2. The largest absolute Gasteiger partial charge is 0.480 e. The van der Waals surface area contributed by atoms with Crippen LogP contribution in [0.5, 0.6) is 0 Å². The number of thiophene rings is 1. The van der Waals surface area contributed by atoms with E-state index in [1.807, 2.05) is 19.9 Å². The van der Waals surface area contributed by atoms with E-state index in [1.54, 1.807) is 11.3 Å². The van der Waals surface area contributed by atoms with Crippen LogP contribution in [0.1, 0.15) is 15.3 Å². The Hall–Kier alpha value is -2.00. The first-order valence-corrected chi connectivity index (χ1v) is 6.49. The minimum Gasteiger partial charge on any atom is -0.480 e. The van der Waals surface area contributed by atoms with Crippen LogP contribution in [0.15, 0.2) is 6.07 Å². The average Bonchev–Trinajstić information content (AvgIpc) is 2.65. The zero-order valence-electron chi connectivity index (χ0n) is 10.9. The fraction of sp³-hybridized carbons (Fsp3) is 0.385. The van der Waals surface area contributed by atoms with E-state index in [2.05, 4.69) is 11.2 Å². The molecule has 0 aromatic carbocycles. The number of rotatable bonds is 5. The van der Waals surface area contributed by atoms with Crippen molar-refractivity contribution in [1.29, 1.82) is 0 Å². The Morgan fingerprint density at radius 3 is 2.68 bits per heavy atom. The number of nitrogens with zero attached hydrogens (tertiary/aromatic N) is 1. The number of nitrogens with one attached hydrogen (secondary N) is 1. The van der Waals surface area contributed by atoms with Crippen LogP contribution in [0.3, 0.4) is 0 Å². The maximum atomic E-state index is 11.8. The van der Waals surface area contributed by atoms with Crippen LogP contribution in [-0.4, -0.2) is 35.1 Å². The van der Waals surface area contributed by atoms with E-state index in [9.17, 15) is 9.59 Å². The number of aliphatic carboxylic acids is 1. The summed E-state index contributed by atoms with van der Waals surface area (Å²) < 4.78 is 0. The molecule has 1 rings (SSSR count). The molecule has 19 heavy (non-hydrogen) atoms. The molecule has 1 heterocycles. The van der Waals surface area contributed by atoms with Gasteiger partial charge in [0.15, 0.2) is 0 Å². The molecule has 0 saturated carbocycles. The Morgan fingerprint density at radius 1 is 1.53 bits per heavy atom. The third kappa shape index (κ3) is 4.64. The molecule has 0 aliphatic heterocycles. The Kier molecular flexibility index (Phi) is 5.39. The van der Waals surface area contributed by atoms with Gasteiger partial charge in [0.1, 0.15) is 6.54 Å². The van der Waals surface area contributed by atoms with Crippen LogP contribution < -0.4 is 5.32 Å². The van der Waals surface area contributed by atoms with Gasteiger partial charge in [0.2, 0.25) is 0 Å². The van der Waals surface area contributed by atoms with E-state index >= 15 is 0 Å². The molecule has 0 aliphatic rings. The lowest BCUT2D eigenvalue weighted by Gasteiger charge is -2.18. The lowest BCUT2D eigenvalue weighted by atomic mass is 10.3. The number of urea groups is 1. The smallest absolute Gasteiger partial charge is 0.323 e. The van der Waals surface area contributed by atoms with Crippen LogP contribution in [0.2, 0.25) is 0 Å². The molecule has 1 aromatic rings. The predicted molar refractivity (Wildman–Crippen MR) is 74.1 cm³/mol. The van der Waals surface area contributed by atoms with Gasteiger partial charge in [-0.2, -0.15) is 0 Å². The summed E-state index contributed by atoms with van der Waals surface area (Å²) in [5.41, 5.74) is 1.18. The summed E-state index contributed by atoms with van der Waals surface area (Å²) >= 11 is 1.61. The number of carboxylic acid groups (broad SMARTS) is 1. The zero-order valence-corrected chi connectivity index (χ0v) is 11.7. The molecule has 0 atom stereocenters. The highest BCUT2D eigenvalue weighted by Crippen LogP contribution is 2.20. The quantitative estimate of drug-likeness (QED) is 0.805. The number of carboxylic acids is 1. The van der Waals surface area contributed by atoms with Gasteiger partial charge in [0.25, 0.3) is 0 Å². The molecule has 1 aromatic heterocycles. The number of carbonyl (C=O) groups excluding carboxylic acids is 1. The van der Waals surface area contributed by atoms with E-state index in [0.29, 0.717) is 6.54 Å². The highest BCUT2D eigenvalue weighted by atomic mass is 32.1. The van der Waals surface area contributed by atoms with Gasteiger partial charge in [-0.15, -0.1) is 17.8 Å². The fourth-order valence-electron chi connectivity index (χ4n) is 1.48. The minimum absolute atomic E-state index is 0.0272. The summed E-state index contributed by atoms with van der Waals surface area (Å²) in [4.78, 5) is 25.7. The molecule has 2 N–H and O–H groups in total. The van der Waals surface area contributed by atoms with Crippen LogP contribution >= 0.6 is 11.3 Å². The summed E-state index contributed by atoms with van der Waals surface area (Å²) in [6.45, 7) is 3.96. The van der Waals surface area contributed by atoms with E-state index < -0.39 is 18.5 Å². The predicted octanol–water partition coefficient (Wildman–Crippen LogP) is 1.59. The Morgan fingerprint density at radius 2 is 2.21 bits per heavy atom. The monoisotopic (exact) mass is 280 g/mol. The molecule has 0 unspecified atom stereocenters. The molecule has 102 valence electrons. The summed E-state index contributed by atoms with van der Waals surface area (Å²) in [7, 11) is 0. The molecular weight excluding hydrogens is 264 g/mol. The van der Waals surface area contributed by atoms with Gasteiger partial charge in [-0.3, -0.25) is 4.79 Å². The SMILES string of the molecule is C#CCN(CC(=O)O)C(=O)NCc1cc(C)c(C)s1. The first kappa shape index (κ1) is 15.1. The first-order valence-electron chi connectivity index (χ1n) is 5.68. The van der Waals surface area contributed by atoms with E-state index in [0.717, 1.165) is 9.78 Å². The fourth-order valence-corrected chi connectivity index (χ4v) is 2.48. The van der Waals surface area contributed by atoms with Crippen molar-refractivity contribution in [3.8, 4) is 12.3 Å². The van der Waals surface area contributed by atoms with Crippen molar-refractivity contribution in [3.05, 3.63) is 21.4 Å². The van der Waals surface area contributed by atoms with Crippen molar-refractivity contribution in [2.75, 3.05) is 13.1 Å². The van der Waals surface area contributed by atoms with Gasteiger partial charge in [0, 0.05) is 9.75 Å². The lowest BCUT2D eigenvalue weighted by Crippen LogP contribution is -2.42. The van der Waals surface area contributed by atoms with Crippen LogP contribution in [0.25, 0.3) is 0 Å². The molecule has 5 nitrogen and oxygen atoms in total. The molecule has 0 spiro atoms. The molecule has 0 fully saturated rings. The second-order valence-corrected chi connectivity index (χ2v) is 5.41. The maximum Gasteiger partial charge on any atom is 0.323 e. The molecule has 0 aliphatic carbocycles. The summed E-state index contributed by atoms with van der Waals surface area (Å²) in [5.74, 6) is 1.18. The van der Waals surface area contributed by atoms with Crippen LogP contribution in [-0.2, 0) is 11.3 Å². The number of carbonyl (C=O) groups is 2. The topological polar surface area (TPSA) is 69.6 Å².